The molecule has 1 aromatic carbocycles. The average Bonchev–Trinajstić information content (AvgIpc) is 2.50. The van der Waals surface area contributed by atoms with Gasteiger partial charge in [0.15, 0.2) is 0 Å². The van der Waals surface area contributed by atoms with Gasteiger partial charge in [-0.25, -0.2) is 0 Å². The fraction of sp³-hybridized carbons (Fsp3) is 0.500. The van der Waals surface area contributed by atoms with Crippen molar-refractivity contribution in [3.05, 3.63) is 28.8 Å². The first-order chi connectivity index (χ1) is 8.52. The molecule has 1 atom stereocenters. The van der Waals surface area contributed by atoms with Crippen molar-refractivity contribution in [1.29, 1.82) is 5.26 Å². The first-order valence-electron chi connectivity index (χ1n) is 6.19. The minimum Gasteiger partial charge on any atom is -0.390 e. The van der Waals surface area contributed by atoms with Crippen molar-refractivity contribution in [1.82, 2.24) is 0 Å². The second-order valence-corrected chi connectivity index (χ2v) is 5.52. The number of benzene rings is 1. The van der Waals surface area contributed by atoms with E-state index in [0.29, 0.717) is 10.6 Å². The summed E-state index contributed by atoms with van der Waals surface area (Å²) >= 11 is 6.21. The Morgan fingerprint density at radius 3 is 2.83 bits per heavy atom. The summed E-state index contributed by atoms with van der Waals surface area (Å²) in [5.41, 5.74) is 0.951. The van der Waals surface area contributed by atoms with Gasteiger partial charge < -0.3 is 10.0 Å². The molecule has 96 valence electrons. The number of hydrogen-bond donors (Lipinski definition) is 1. The summed E-state index contributed by atoms with van der Waals surface area (Å²) in [6.07, 6.45) is 2.50. The number of rotatable bonds is 1. The Labute approximate surface area is 113 Å². The Morgan fingerprint density at radius 1 is 1.39 bits per heavy atom. The number of aliphatic hydroxyl groups is 1. The zero-order valence-electron chi connectivity index (χ0n) is 10.5. The van der Waals surface area contributed by atoms with E-state index >= 15 is 0 Å². The molecule has 0 aliphatic carbocycles. The van der Waals surface area contributed by atoms with Crippen LogP contribution in [0.3, 0.4) is 0 Å². The van der Waals surface area contributed by atoms with Gasteiger partial charge in [0.05, 0.1) is 27.9 Å². The van der Waals surface area contributed by atoms with Crippen LogP contribution in [-0.4, -0.2) is 23.8 Å². The molecule has 1 N–H and O–H groups in total. The van der Waals surface area contributed by atoms with E-state index in [1.807, 2.05) is 13.0 Å². The number of anilines is 1. The molecule has 1 unspecified atom stereocenters. The van der Waals surface area contributed by atoms with Crippen LogP contribution in [0, 0.1) is 11.3 Å². The quantitative estimate of drug-likeness (QED) is 0.848. The van der Waals surface area contributed by atoms with Gasteiger partial charge in [0.2, 0.25) is 0 Å². The van der Waals surface area contributed by atoms with E-state index in [0.717, 1.165) is 38.0 Å². The largest absolute Gasteiger partial charge is 0.390 e. The van der Waals surface area contributed by atoms with Crippen molar-refractivity contribution in [3.8, 4) is 6.07 Å². The summed E-state index contributed by atoms with van der Waals surface area (Å²) in [6, 6.07) is 7.45. The zero-order valence-corrected chi connectivity index (χ0v) is 11.2. The lowest BCUT2D eigenvalue weighted by atomic mass is 9.98. The highest BCUT2D eigenvalue weighted by atomic mass is 35.5. The topological polar surface area (TPSA) is 47.3 Å². The standard InChI is InChI=1S/C14H17ClN2O/c1-14(18)5-2-7-17(8-6-14)13-4-3-11(10-16)9-12(13)15/h3-4,9,18H,2,5-8H2,1H3. The van der Waals surface area contributed by atoms with Crippen molar-refractivity contribution >= 4 is 17.3 Å². The summed E-state index contributed by atoms with van der Waals surface area (Å²) in [6.45, 7) is 3.57. The van der Waals surface area contributed by atoms with Crippen molar-refractivity contribution < 1.29 is 5.11 Å². The fourth-order valence-electron chi connectivity index (χ4n) is 2.34. The molecule has 1 fully saturated rings. The maximum atomic E-state index is 10.1. The Kier molecular flexibility index (Phi) is 3.79. The molecule has 1 aliphatic rings. The molecule has 18 heavy (non-hydrogen) atoms. The van der Waals surface area contributed by atoms with Gasteiger partial charge in [-0.2, -0.15) is 5.26 Å². The highest BCUT2D eigenvalue weighted by Crippen LogP contribution is 2.30. The average molecular weight is 265 g/mol. The Balaban J connectivity index is 2.19. The predicted octanol–water partition coefficient (Wildman–Crippen LogP) is 2.95. The number of nitrogens with zero attached hydrogens (tertiary/aromatic N) is 2. The zero-order chi connectivity index (χ0) is 13.2. The molecular formula is C14H17ClN2O. The van der Waals surface area contributed by atoms with E-state index in [1.165, 1.54) is 0 Å². The summed E-state index contributed by atoms with van der Waals surface area (Å²) < 4.78 is 0. The van der Waals surface area contributed by atoms with Crippen LogP contribution in [0.1, 0.15) is 31.7 Å². The van der Waals surface area contributed by atoms with Crippen molar-refractivity contribution in [2.45, 2.75) is 31.8 Å². The Morgan fingerprint density at radius 2 is 2.17 bits per heavy atom. The Hall–Kier alpha value is -1.24. The molecule has 2 rings (SSSR count). The van der Waals surface area contributed by atoms with E-state index in [1.54, 1.807) is 12.1 Å². The van der Waals surface area contributed by atoms with Crippen LogP contribution in [0.15, 0.2) is 18.2 Å². The van der Waals surface area contributed by atoms with Crippen LogP contribution >= 0.6 is 11.6 Å². The lowest BCUT2D eigenvalue weighted by Crippen LogP contribution is -2.28. The lowest BCUT2D eigenvalue weighted by molar-refractivity contribution is 0.0481. The first-order valence-corrected chi connectivity index (χ1v) is 6.57. The second kappa shape index (κ2) is 5.17. The SMILES string of the molecule is CC1(O)CCCN(c2ccc(C#N)cc2Cl)CC1. The van der Waals surface area contributed by atoms with E-state index in [9.17, 15) is 5.11 Å². The van der Waals surface area contributed by atoms with Crippen LogP contribution in [0.2, 0.25) is 5.02 Å². The number of hydrogen-bond acceptors (Lipinski definition) is 3. The van der Waals surface area contributed by atoms with Gasteiger partial charge in [0.1, 0.15) is 0 Å². The van der Waals surface area contributed by atoms with Gasteiger partial charge in [-0.1, -0.05) is 11.6 Å². The number of nitriles is 1. The maximum absolute atomic E-state index is 10.1. The lowest BCUT2D eigenvalue weighted by Gasteiger charge is -2.25. The highest BCUT2D eigenvalue weighted by Gasteiger charge is 2.25. The van der Waals surface area contributed by atoms with Crippen LogP contribution in [0.25, 0.3) is 0 Å². The highest BCUT2D eigenvalue weighted by molar-refractivity contribution is 6.33. The second-order valence-electron chi connectivity index (χ2n) is 5.12. The van der Waals surface area contributed by atoms with E-state index in [-0.39, 0.29) is 0 Å². The third kappa shape index (κ3) is 2.95. The molecule has 1 saturated heterocycles. The van der Waals surface area contributed by atoms with E-state index < -0.39 is 5.60 Å². The first kappa shape index (κ1) is 13.2. The third-order valence-electron chi connectivity index (χ3n) is 3.48. The molecular weight excluding hydrogens is 248 g/mol. The summed E-state index contributed by atoms with van der Waals surface area (Å²) in [5, 5.41) is 19.5. The van der Waals surface area contributed by atoms with Crippen molar-refractivity contribution in [3.63, 3.8) is 0 Å². The van der Waals surface area contributed by atoms with Crippen LogP contribution in [-0.2, 0) is 0 Å². The molecule has 3 nitrogen and oxygen atoms in total. The van der Waals surface area contributed by atoms with Crippen LogP contribution < -0.4 is 4.90 Å². The molecule has 1 aliphatic heterocycles. The van der Waals surface area contributed by atoms with Gasteiger partial charge in [0.25, 0.3) is 0 Å². The summed E-state index contributed by atoms with van der Waals surface area (Å²) in [7, 11) is 0. The van der Waals surface area contributed by atoms with Gasteiger partial charge in [-0.05, 0) is 44.4 Å². The molecule has 1 heterocycles. The predicted molar refractivity (Wildman–Crippen MR) is 72.9 cm³/mol. The molecule has 0 aromatic heterocycles. The normalized spacial score (nSPS) is 24.4. The maximum Gasteiger partial charge on any atom is 0.0992 e. The van der Waals surface area contributed by atoms with Gasteiger partial charge in [-0.3, -0.25) is 0 Å². The fourth-order valence-corrected chi connectivity index (χ4v) is 2.64. The van der Waals surface area contributed by atoms with Gasteiger partial charge in [0, 0.05) is 13.1 Å². The minimum absolute atomic E-state index is 0.575. The van der Waals surface area contributed by atoms with Crippen LogP contribution in [0.4, 0.5) is 5.69 Å². The van der Waals surface area contributed by atoms with Gasteiger partial charge >= 0.3 is 0 Å². The summed E-state index contributed by atoms with van der Waals surface area (Å²) in [4.78, 5) is 2.19. The van der Waals surface area contributed by atoms with Gasteiger partial charge in [-0.15, -0.1) is 0 Å². The molecule has 0 amide bonds. The molecule has 0 radical (unpaired) electrons. The smallest absolute Gasteiger partial charge is 0.0992 e. The molecule has 0 bridgehead atoms. The molecule has 1 aromatic rings. The van der Waals surface area contributed by atoms with Crippen molar-refractivity contribution in [2.24, 2.45) is 0 Å². The summed E-state index contributed by atoms with van der Waals surface area (Å²) in [5.74, 6) is 0. The van der Waals surface area contributed by atoms with E-state index in [4.69, 9.17) is 16.9 Å². The molecule has 4 heteroatoms. The van der Waals surface area contributed by atoms with Crippen LogP contribution in [0.5, 0.6) is 0 Å². The number of halogens is 1. The monoisotopic (exact) mass is 264 g/mol. The molecule has 0 spiro atoms. The van der Waals surface area contributed by atoms with Crippen molar-refractivity contribution in [2.75, 3.05) is 18.0 Å². The Bertz CT molecular complexity index is 479. The minimum atomic E-state index is -0.576. The van der Waals surface area contributed by atoms with E-state index in [2.05, 4.69) is 11.0 Å². The third-order valence-corrected chi connectivity index (χ3v) is 3.78. The molecule has 0 saturated carbocycles.